The van der Waals surface area contributed by atoms with E-state index >= 15 is 0 Å². The number of rotatable bonds is 7. The quantitative estimate of drug-likeness (QED) is 0.497. The molecule has 86 valence electrons. The van der Waals surface area contributed by atoms with E-state index in [1.165, 1.54) is 18.4 Å². The summed E-state index contributed by atoms with van der Waals surface area (Å²) in [5, 5.41) is 0. The van der Waals surface area contributed by atoms with Crippen LogP contribution >= 0.6 is 0 Å². The van der Waals surface area contributed by atoms with E-state index in [1.54, 1.807) is 0 Å². The maximum atomic E-state index is 5.77. The highest BCUT2D eigenvalue weighted by atomic mass is 16.5. The van der Waals surface area contributed by atoms with Crippen LogP contribution in [0.1, 0.15) is 38.2 Å². The van der Waals surface area contributed by atoms with E-state index in [0.717, 1.165) is 31.6 Å². The molecule has 0 bridgehead atoms. The van der Waals surface area contributed by atoms with E-state index < -0.39 is 0 Å². The SMILES string of the molecule is C#CCCc1ccccc1OCCCCC. The number of unbranched alkanes of at least 4 members (excludes halogenated alkanes) is 2. The Balaban J connectivity index is 2.47. The molecule has 0 fully saturated rings. The molecule has 0 spiro atoms. The van der Waals surface area contributed by atoms with Gasteiger partial charge in [0.05, 0.1) is 6.61 Å². The van der Waals surface area contributed by atoms with Gasteiger partial charge in [0, 0.05) is 6.42 Å². The van der Waals surface area contributed by atoms with Crippen molar-refractivity contribution >= 4 is 0 Å². The average molecular weight is 216 g/mol. The first kappa shape index (κ1) is 12.6. The van der Waals surface area contributed by atoms with Crippen molar-refractivity contribution in [3.8, 4) is 18.1 Å². The van der Waals surface area contributed by atoms with Gasteiger partial charge in [-0.25, -0.2) is 0 Å². The second kappa shape index (κ2) is 7.82. The highest BCUT2D eigenvalue weighted by molar-refractivity contribution is 5.33. The van der Waals surface area contributed by atoms with Crippen molar-refractivity contribution in [3.05, 3.63) is 29.8 Å². The van der Waals surface area contributed by atoms with Crippen LogP contribution in [0, 0.1) is 12.3 Å². The van der Waals surface area contributed by atoms with Crippen molar-refractivity contribution in [1.29, 1.82) is 0 Å². The van der Waals surface area contributed by atoms with Gasteiger partial charge in [-0.3, -0.25) is 0 Å². The van der Waals surface area contributed by atoms with Crippen molar-refractivity contribution in [3.63, 3.8) is 0 Å². The molecule has 1 heteroatoms. The molecule has 0 N–H and O–H groups in total. The first-order chi connectivity index (χ1) is 7.88. The largest absolute Gasteiger partial charge is 0.493 e. The van der Waals surface area contributed by atoms with Crippen LogP contribution in [0.4, 0.5) is 0 Å². The predicted molar refractivity (Wildman–Crippen MR) is 68.6 cm³/mol. The van der Waals surface area contributed by atoms with E-state index in [4.69, 9.17) is 11.2 Å². The minimum absolute atomic E-state index is 0.773. The Morgan fingerprint density at radius 1 is 1.25 bits per heavy atom. The fourth-order valence-corrected chi connectivity index (χ4v) is 1.59. The Bertz CT molecular complexity index is 336. The number of para-hydroxylation sites is 1. The predicted octanol–water partition coefficient (Wildman–Crippen LogP) is 3.82. The maximum absolute atomic E-state index is 5.77. The summed E-state index contributed by atoms with van der Waals surface area (Å²) >= 11 is 0. The van der Waals surface area contributed by atoms with Crippen LogP contribution in [0.15, 0.2) is 24.3 Å². The van der Waals surface area contributed by atoms with Crippen LogP contribution in [-0.2, 0) is 6.42 Å². The Morgan fingerprint density at radius 3 is 2.81 bits per heavy atom. The Hall–Kier alpha value is -1.42. The topological polar surface area (TPSA) is 9.23 Å². The molecular formula is C15H20O. The van der Waals surface area contributed by atoms with Gasteiger partial charge in [-0.1, -0.05) is 38.0 Å². The minimum atomic E-state index is 0.773. The molecule has 0 saturated carbocycles. The monoisotopic (exact) mass is 216 g/mol. The van der Waals surface area contributed by atoms with Crippen LogP contribution in [0.25, 0.3) is 0 Å². The van der Waals surface area contributed by atoms with Crippen LogP contribution in [0.2, 0.25) is 0 Å². The Labute approximate surface area is 98.8 Å². The summed E-state index contributed by atoms with van der Waals surface area (Å²) < 4.78 is 5.77. The lowest BCUT2D eigenvalue weighted by Gasteiger charge is -2.10. The fraction of sp³-hybridized carbons (Fsp3) is 0.467. The molecule has 1 rings (SSSR count). The van der Waals surface area contributed by atoms with Crippen molar-refractivity contribution in [2.45, 2.75) is 39.0 Å². The van der Waals surface area contributed by atoms with Gasteiger partial charge in [-0.05, 0) is 24.5 Å². The van der Waals surface area contributed by atoms with Gasteiger partial charge >= 0.3 is 0 Å². The molecule has 1 aromatic carbocycles. The molecule has 1 aromatic rings. The average Bonchev–Trinajstić information content (AvgIpc) is 2.33. The summed E-state index contributed by atoms with van der Waals surface area (Å²) in [4.78, 5) is 0. The van der Waals surface area contributed by atoms with Gasteiger partial charge in [0.1, 0.15) is 5.75 Å². The van der Waals surface area contributed by atoms with Gasteiger partial charge in [0.25, 0.3) is 0 Å². The highest BCUT2D eigenvalue weighted by Crippen LogP contribution is 2.19. The van der Waals surface area contributed by atoms with Crippen molar-refractivity contribution in [2.75, 3.05) is 6.61 Å². The number of ether oxygens (including phenoxy) is 1. The number of terminal acetylenes is 1. The number of hydrogen-bond acceptors (Lipinski definition) is 1. The minimum Gasteiger partial charge on any atom is -0.493 e. The van der Waals surface area contributed by atoms with E-state index in [2.05, 4.69) is 18.9 Å². The van der Waals surface area contributed by atoms with Gasteiger partial charge in [0.15, 0.2) is 0 Å². The second-order valence-electron chi connectivity index (χ2n) is 3.87. The molecule has 0 radical (unpaired) electrons. The molecule has 0 aromatic heterocycles. The van der Waals surface area contributed by atoms with E-state index in [0.29, 0.717) is 0 Å². The highest BCUT2D eigenvalue weighted by Gasteiger charge is 2.01. The van der Waals surface area contributed by atoms with E-state index in [9.17, 15) is 0 Å². The summed E-state index contributed by atoms with van der Waals surface area (Å²) in [6.45, 7) is 3.00. The Kier molecular flexibility index (Phi) is 6.18. The number of hydrogen-bond donors (Lipinski definition) is 0. The van der Waals surface area contributed by atoms with E-state index in [-0.39, 0.29) is 0 Å². The van der Waals surface area contributed by atoms with Crippen LogP contribution in [0.5, 0.6) is 5.75 Å². The second-order valence-corrected chi connectivity index (χ2v) is 3.87. The van der Waals surface area contributed by atoms with Crippen LogP contribution in [-0.4, -0.2) is 6.61 Å². The van der Waals surface area contributed by atoms with Gasteiger partial charge in [0.2, 0.25) is 0 Å². The standard InChI is InChI=1S/C15H20O/c1-3-5-9-13-16-15-12-8-7-11-14(15)10-6-4-2/h2,7-8,11-12H,3,5-6,9-10,13H2,1H3. The van der Waals surface area contributed by atoms with Crippen LogP contribution in [0.3, 0.4) is 0 Å². The van der Waals surface area contributed by atoms with Gasteiger partial charge in [-0.2, -0.15) is 0 Å². The van der Waals surface area contributed by atoms with Crippen molar-refractivity contribution < 1.29 is 4.74 Å². The van der Waals surface area contributed by atoms with Gasteiger partial charge < -0.3 is 4.74 Å². The first-order valence-corrected chi connectivity index (χ1v) is 6.02. The third-order valence-corrected chi connectivity index (χ3v) is 2.52. The maximum Gasteiger partial charge on any atom is 0.122 e. The molecule has 0 aliphatic rings. The van der Waals surface area contributed by atoms with Crippen molar-refractivity contribution in [1.82, 2.24) is 0 Å². The van der Waals surface area contributed by atoms with Gasteiger partial charge in [-0.15, -0.1) is 12.3 Å². The first-order valence-electron chi connectivity index (χ1n) is 6.02. The smallest absolute Gasteiger partial charge is 0.122 e. The molecule has 0 unspecified atom stereocenters. The molecule has 0 atom stereocenters. The van der Waals surface area contributed by atoms with Crippen molar-refractivity contribution in [2.24, 2.45) is 0 Å². The number of benzene rings is 1. The molecular weight excluding hydrogens is 196 g/mol. The molecule has 0 aliphatic heterocycles. The third-order valence-electron chi connectivity index (χ3n) is 2.52. The summed E-state index contributed by atoms with van der Waals surface area (Å²) in [6, 6.07) is 8.16. The lowest BCUT2D eigenvalue weighted by molar-refractivity contribution is 0.303. The zero-order valence-corrected chi connectivity index (χ0v) is 10.0. The zero-order valence-electron chi connectivity index (χ0n) is 10.0. The van der Waals surface area contributed by atoms with Crippen LogP contribution < -0.4 is 4.74 Å². The van der Waals surface area contributed by atoms with E-state index in [1.807, 2.05) is 18.2 Å². The third kappa shape index (κ3) is 4.40. The summed E-state index contributed by atoms with van der Waals surface area (Å²) in [7, 11) is 0. The Morgan fingerprint density at radius 2 is 2.06 bits per heavy atom. The molecule has 0 heterocycles. The summed E-state index contributed by atoms with van der Waals surface area (Å²) in [5.74, 6) is 3.66. The molecule has 1 nitrogen and oxygen atoms in total. The normalized spacial score (nSPS) is 9.75. The molecule has 0 aliphatic carbocycles. The summed E-state index contributed by atoms with van der Waals surface area (Å²) in [5.41, 5.74) is 1.22. The zero-order chi connectivity index (χ0) is 11.6. The lowest BCUT2D eigenvalue weighted by Crippen LogP contribution is -2.00. The fourth-order valence-electron chi connectivity index (χ4n) is 1.59. The lowest BCUT2D eigenvalue weighted by atomic mass is 10.1. The number of aryl methyl sites for hydroxylation is 1. The molecule has 0 saturated heterocycles. The molecule has 0 amide bonds. The molecule has 16 heavy (non-hydrogen) atoms. The summed E-state index contributed by atoms with van der Waals surface area (Å²) in [6.07, 6.45) is 10.5.